The molecule has 0 saturated carbocycles. The SMILES string of the molecule is O=C(O)C(Cc1ccccc1)Nc1cc(-c2ccc(Cl)cc2)no1. The molecule has 0 amide bonds. The first-order valence-electron chi connectivity index (χ1n) is 7.38. The van der Waals surface area contributed by atoms with Gasteiger partial charge in [0.15, 0.2) is 0 Å². The molecule has 24 heavy (non-hydrogen) atoms. The zero-order valence-corrected chi connectivity index (χ0v) is 13.4. The highest BCUT2D eigenvalue weighted by Crippen LogP contribution is 2.24. The summed E-state index contributed by atoms with van der Waals surface area (Å²) in [7, 11) is 0. The number of carboxylic acid groups (broad SMARTS) is 1. The van der Waals surface area contributed by atoms with E-state index in [1.54, 1.807) is 18.2 Å². The van der Waals surface area contributed by atoms with E-state index < -0.39 is 12.0 Å². The molecule has 0 aliphatic carbocycles. The van der Waals surface area contributed by atoms with E-state index in [9.17, 15) is 9.90 Å². The third-order valence-electron chi connectivity index (χ3n) is 3.55. The molecule has 0 saturated heterocycles. The number of anilines is 1. The first-order chi connectivity index (χ1) is 11.6. The molecule has 0 aliphatic rings. The lowest BCUT2D eigenvalue weighted by Gasteiger charge is -2.13. The summed E-state index contributed by atoms with van der Waals surface area (Å²) in [5.41, 5.74) is 2.37. The smallest absolute Gasteiger partial charge is 0.326 e. The van der Waals surface area contributed by atoms with Gasteiger partial charge in [-0.15, -0.1) is 0 Å². The Balaban J connectivity index is 1.74. The van der Waals surface area contributed by atoms with Gasteiger partial charge in [0.25, 0.3) is 0 Å². The van der Waals surface area contributed by atoms with Crippen molar-refractivity contribution in [2.75, 3.05) is 5.32 Å². The summed E-state index contributed by atoms with van der Waals surface area (Å²) < 4.78 is 5.21. The van der Waals surface area contributed by atoms with Gasteiger partial charge in [-0.05, 0) is 17.7 Å². The number of carboxylic acids is 1. The maximum absolute atomic E-state index is 11.5. The molecule has 0 fully saturated rings. The normalized spacial score (nSPS) is 11.9. The van der Waals surface area contributed by atoms with E-state index in [1.807, 2.05) is 42.5 Å². The Morgan fingerprint density at radius 2 is 1.88 bits per heavy atom. The fraction of sp³-hybridized carbons (Fsp3) is 0.111. The van der Waals surface area contributed by atoms with Crippen LogP contribution in [0.25, 0.3) is 11.3 Å². The van der Waals surface area contributed by atoms with Crippen LogP contribution in [-0.2, 0) is 11.2 Å². The highest BCUT2D eigenvalue weighted by molar-refractivity contribution is 6.30. The Labute approximate surface area is 143 Å². The van der Waals surface area contributed by atoms with Crippen molar-refractivity contribution in [3.63, 3.8) is 0 Å². The van der Waals surface area contributed by atoms with Crippen LogP contribution in [-0.4, -0.2) is 22.3 Å². The minimum absolute atomic E-state index is 0.309. The number of hydrogen-bond acceptors (Lipinski definition) is 4. The summed E-state index contributed by atoms with van der Waals surface area (Å²) in [5.74, 6) is -0.647. The number of carbonyl (C=O) groups is 1. The maximum Gasteiger partial charge on any atom is 0.326 e. The lowest BCUT2D eigenvalue weighted by atomic mass is 10.1. The minimum Gasteiger partial charge on any atom is -0.480 e. The number of hydrogen-bond donors (Lipinski definition) is 2. The van der Waals surface area contributed by atoms with E-state index in [0.717, 1.165) is 11.1 Å². The van der Waals surface area contributed by atoms with E-state index in [4.69, 9.17) is 16.1 Å². The van der Waals surface area contributed by atoms with Crippen LogP contribution in [0.5, 0.6) is 0 Å². The Morgan fingerprint density at radius 3 is 2.54 bits per heavy atom. The number of aliphatic carboxylic acids is 1. The summed E-state index contributed by atoms with van der Waals surface area (Å²) in [6.45, 7) is 0. The molecule has 0 spiro atoms. The van der Waals surface area contributed by atoms with Crippen LogP contribution in [0, 0.1) is 0 Å². The highest BCUT2D eigenvalue weighted by atomic mass is 35.5. The Bertz CT molecular complexity index is 816. The molecule has 0 bridgehead atoms. The van der Waals surface area contributed by atoms with Crippen LogP contribution in [0.2, 0.25) is 5.02 Å². The lowest BCUT2D eigenvalue weighted by Crippen LogP contribution is -2.31. The lowest BCUT2D eigenvalue weighted by molar-refractivity contribution is -0.137. The standard InChI is InChI=1S/C18H15ClN2O3/c19-14-8-6-13(7-9-14)15-11-17(24-21-15)20-16(18(22)23)10-12-4-2-1-3-5-12/h1-9,11,16,20H,10H2,(H,22,23). The van der Waals surface area contributed by atoms with Crippen molar-refractivity contribution in [2.24, 2.45) is 0 Å². The van der Waals surface area contributed by atoms with Crippen LogP contribution in [0.3, 0.4) is 0 Å². The van der Waals surface area contributed by atoms with Crippen LogP contribution in [0.1, 0.15) is 5.56 Å². The monoisotopic (exact) mass is 342 g/mol. The van der Waals surface area contributed by atoms with E-state index in [2.05, 4.69) is 10.5 Å². The van der Waals surface area contributed by atoms with Gasteiger partial charge in [-0.25, -0.2) is 4.79 Å². The zero-order valence-electron chi connectivity index (χ0n) is 12.6. The van der Waals surface area contributed by atoms with Gasteiger partial charge in [0.05, 0.1) is 0 Å². The highest BCUT2D eigenvalue weighted by Gasteiger charge is 2.20. The van der Waals surface area contributed by atoms with E-state index in [-0.39, 0.29) is 0 Å². The molecule has 0 aliphatic heterocycles. The molecule has 5 nitrogen and oxygen atoms in total. The number of rotatable bonds is 6. The topological polar surface area (TPSA) is 75.4 Å². The predicted octanol–water partition coefficient (Wildman–Crippen LogP) is 4.10. The van der Waals surface area contributed by atoms with Gasteiger partial charge >= 0.3 is 5.97 Å². The van der Waals surface area contributed by atoms with Gasteiger partial charge < -0.3 is 14.9 Å². The Kier molecular flexibility index (Phi) is 4.82. The molecule has 0 radical (unpaired) electrons. The summed E-state index contributed by atoms with van der Waals surface area (Å²) in [4.78, 5) is 11.5. The number of aromatic nitrogens is 1. The molecule has 1 unspecified atom stereocenters. The predicted molar refractivity (Wildman–Crippen MR) is 92.1 cm³/mol. The van der Waals surface area contributed by atoms with Crippen molar-refractivity contribution in [3.05, 3.63) is 71.2 Å². The van der Waals surface area contributed by atoms with Crippen LogP contribution < -0.4 is 5.32 Å². The molecule has 1 aromatic heterocycles. The molecule has 1 atom stereocenters. The number of nitrogens with one attached hydrogen (secondary N) is 1. The van der Waals surface area contributed by atoms with Crippen LogP contribution in [0.15, 0.2) is 65.2 Å². The maximum atomic E-state index is 11.5. The van der Waals surface area contributed by atoms with Gasteiger partial charge in [-0.2, -0.15) is 0 Å². The molecule has 2 aromatic carbocycles. The van der Waals surface area contributed by atoms with Crippen molar-refractivity contribution in [3.8, 4) is 11.3 Å². The number of halogens is 1. The first kappa shape index (κ1) is 16.1. The molecular formula is C18H15ClN2O3. The summed E-state index contributed by atoms with van der Waals surface area (Å²) >= 11 is 5.86. The van der Waals surface area contributed by atoms with Crippen molar-refractivity contribution in [1.82, 2.24) is 5.16 Å². The van der Waals surface area contributed by atoms with Gasteiger partial charge in [0, 0.05) is 23.1 Å². The minimum atomic E-state index is -0.955. The average Bonchev–Trinajstić information content (AvgIpc) is 3.04. The third-order valence-corrected chi connectivity index (χ3v) is 3.80. The average molecular weight is 343 g/mol. The fourth-order valence-corrected chi connectivity index (χ4v) is 2.45. The largest absolute Gasteiger partial charge is 0.480 e. The summed E-state index contributed by atoms with van der Waals surface area (Å²) in [5, 5.41) is 16.9. The number of benzene rings is 2. The van der Waals surface area contributed by atoms with Gasteiger partial charge in [0.1, 0.15) is 11.7 Å². The van der Waals surface area contributed by atoms with Crippen molar-refractivity contribution in [2.45, 2.75) is 12.5 Å². The van der Waals surface area contributed by atoms with Crippen LogP contribution in [0.4, 0.5) is 5.88 Å². The first-order valence-corrected chi connectivity index (χ1v) is 7.75. The molecule has 6 heteroatoms. The van der Waals surface area contributed by atoms with E-state index in [1.165, 1.54) is 0 Å². The van der Waals surface area contributed by atoms with E-state index in [0.29, 0.717) is 23.0 Å². The van der Waals surface area contributed by atoms with Gasteiger partial charge in [-0.3, -0.25) is 0 Å². The second kappa shape index (κ2) is 7.19. The molecule has 1 heterocycles. The number of nitrogens with zero attached hydrogens (tertiary/aromatic N) is 1. The molecule has 2 N–H and O–H groups in total. The summed E-state index contributed by atoms with van der Waals surface area (Å²) in [6.07, 6.45) is 0.340. The van der Waals surface area contributed by atoms with Crippen LogP contribution >= 0.6 is 11.6 Å². The summed E-state index contributed by atoms with van der Waals surface area (Å²) in [6, 6.07) is 17.4. The van der Waals surface area contributed by atoms with Gasteiger partial charge in [0.2, 0.25) is 5.88 Å². The molecule has 122 valence electrons. The molecule has 3 rings (SSSR count). The second-order valence-electron chi connectivity index (χ2n) is 5.31. The second-order valence-corrected chi connectivity index (χ2v) is 5.74. The Morgan fingerprint density at radius 1 is 1.17 bits per heavy atom. The van der Waals surface area contributed by atoms with Crippen molar-refractivity contribution < 1.29 is 14.4 Å². The quantitative estimate of drug-likeness (QED) is 0.705. The van der Waals surface area contributed by atoms with E-state index >= 15 is 0 Å². The molecule has 3 aromatic rings. The zero-order chi connectivity index (χ0) is 16.9. The fourth-order valence-electron chi connectivity index (χ4n) is 2.32. The third kappa shape index (κ3) is 3.94. The van der Waals surface area contributed by atoms with Gasteiger partial charge in [-0.1, -0.05) is 59.2 Å². The van der Waals surface area contributed by atoms with Crippen molar-refractivity contribution in [1.29, 1.82) is 0 Å². The Hall–Kier alpha value is -2.79. The van der Waals surface area contributed by atoms with Crippen molar-refractivity contribution >= 4 is 23.5 Å². The molecular weight excluding hydrogens is 328 g/mol.